The summed E-state index contributed by atoms with van der Waals surface area (Å²) in [7, 11) is 1.46. The second-order valence-electron chi connectivity index (χ2n) is 3.82. The van der Waals surface area contributed by atoms with Gasteiger partial charge in [-0.15, -0.1) is 0 Å². The highest BCUT2D eigenvalue weighted by molar-refractivity contribution is 9.10. The van der Waals surface area contributed by atoms with Crippen molar-refractivity contribution in [1.29, 1.82) is 0 Å². The molecule has 0 atom stereocenters. The van der Waals surface area contributed by atoms with Gasteiger partial charge in [0.05, 0.1) is 7.11 Å². The maximum atomic E-state index is 13.7. The molecule has 0 aliphatic rings. The fourth-order valence-corrected chi connectivity index (χ4v) is 1.86. The normalized spacial score (nSPS) is 10.3. The Balaban J connectivity index is 2.12. The number of hydrogen-bond donors (Lipinski definition) is 0. The maximum Gasteiger partial charge on any atom is 0.165 e. The molecule has 0 heterocycles. The lowest BCUT2D eigenvalue weighted by Gasteiger charge is -2.09. The molecule has 0 aromatic heterocycles. The Morgan fingerprint density at radius 3 is 2.53 bits per heavy atom. The molecular formula is C14H11BrF2O2. The van der Waals surface area contributed by atoms with Gasteiger partial charge in [-0.2, -0.15) is 0 Å². The molecule has 100 valence electrons. The van der Waals surface area contributed by atoms with E-state index in [0.717, 1.165) is 0 Å². The van der Waals surface area contributed by atoms with Gasteiger partial charge in [0.1, 0.15) is 18.2 Å². The standard InChI is InChI=1S/C14H11BrF2O2/c1-18-11-4-2-9(13(17)7-11)8-19-14-6-10(15)3-5-12(14)16/h2-7H,8H2,1H3. The predicted molar refractivity (Wildman–Crippen MR) is 71.4 cm³/mol. The maximum absolute atomic E-state index is 13.7. The highest BCUT2D eigenvalue weighted by Gasteiger charge is 2.08. The molecule has 0 spiro atoms. The van der Waals surface area contributed by atoms with Crippen molar-refractivity contribution in [3.05, 3.63) is 58.1 Å². The minimum atomic E-state index is -0.489. The van der Waals surface area contributed by atoms with Crippen LogP contribution in [0.3, 0.4) is 0 Å². The van der Waals surface area contributed by atoms with E-state index in [2.05, 4.69) is 15.9 Å². The van der Waals surface area contributed by atoms with E-state index < -0.39 is 11.6 Å². The second-order valence-corrected chi connectivity index (χ2v) is 4.74. The molecule has 5 heteroatoms. The Bertz CT molecular complexity index is 588. The first-order valence-electron chi connectivity index (χ1n) is 5.50. The zero-order chi connectivity index (χ0) is 13.8. The van der Waals surface area contributed by atoms with Crippen molar-refractivity contribution in [3.63, 3.8) is 0 Å². The number of methoxy groups -OCH3 is 1. The summed E-state index contributed by atoms with van der Waals surface area (Å²) < 4.78 is 38.0. The van der Waals surface area contributed by atoms with Crippen LogP contribution in [0.1, 0.15) is 5.56 Å². The number of rotatable bonds is 4. The highest BCUT2D eigenvalue weighted by Crippen LogP contribution is 2.24. The Morgan fingerprint density at radius 2 is 1.84 bits per heavy atom. The van der Waals surface area contributed by atoms with E-state index in [1.54, 1.807) is 18.2 Å². The minimum absolute atomic E-state index is 0.0524. The van der Waals surface area contributed by atoms with E-state index in [-0.39, 0.29) is 12.4 Å². The first kappa shape index (κ1) is 13.8. The fraction of sp³-hybridized carbons (Fsp3) is 0.143. The summed E-state index contributed by atoms with van der Waals surface area (Å²) in [6.07, 6.45) is 0. The molecule has 19 heavy (non-hydrogen) atoms. The summed E-state index contributed by atoms with van der Waals surface area (Å²) >= 11 is 3.22. The van der Waals surface area contributed by atoms with E-state index in [1.165, 1.54) is 25.3 Å². The summed E-state index contributed by atoms with van der Waals surface area (Å²) in [5.41, 5.74) is 0.333. The van der Waals surface area contributed by atoms with Gasteiger partial charge in [0, 0.05) is 16.1 Å². The van der Waals surface area contributed by atoms with Crippen LogP contribution in [-0.2, 0) is 6.61 Å². The van der Waals surface area contributed by atoms with Crippen molar-refractivity contribution in [1.82, 2.24) is 0 Å². The molecule has 0 aliphatic carbocycles. The number of hydrogen-bond acceptors (Lipinski definition) is 2. The third-order valence-corrected chi connectivity index (χ3v) is 3.03. The largest absolute Gasteiger partial charge is 0.497 e. The number of halogens is 3. The molecule has 0 saturated carbocycles. The zero-order valence-electron chi connectivity index (χ0n) is 10.1. The molecule has 2 rings (SSSR count). The highest BCUT2D eigenvalue weighted by atomic mass is 79.9. The van der Waals surface area contributed by atoms with Gasteiger partial charge in [-0.3, -0.25) is 0 Å². The molecule has 0 amide bonds. The quantitative estimate of drug-likeness (QED) is 0.832. The third kappa shape index (κ3) is 3.44. The van der Waals surface area contributed by atoms with Gasteiger partial charge < -0.3 is 9.47 Å². The SMILES string of the molecule is COc1ccc(COc2cc(Br)ccc2F)c(F)c1. The molecule has 0 fully saturated rings. The second kappa shape index (κ2) is 6.02. The van der Waals surface area contributed by atoms with Gasteiger partial charge in [-0.05, 0) is 30.3 Å². The van der Waals surface area contributed by atoms with Crippen LogP contribution in [0.2, 0.25) is 0 Å². The van der Waals surface area contributed by atoms with Crippen molar-refractivity contribution >= 4 is 15.9 Å². The van der Waals surface area contributed by atoms with Gasteiger partial charge >= 0.3 is 0 Å². The van der Waals surface area contributed by atoms with E-state index in [9.17, 15) is 8.78 Å². The summed E-state index contributed by atoms with van der Waals surface area (Å²) in [5.74, 6) is -0.439. The van der Waals surface area contributed by atoms with E-state index in [1.807, 2.05) is 0 Å². The van der Waals surface area contributed by atoms with Gasteiger partial charge in [0.25, 0.3) is 0 Å². The molecule has 0 bridgehead atoms. The van der Waals surface area contributed by atoms with Crippen LogP contribution in [0.4, 0.5) is 8.78 Å². The average Bonchev–Trinajstić information content (AvgIpc) is 2.40. The topological polar surface area (TPSA) is 18.5 Å². The Labute approximate surface area is 118 Å². The molecular weight excluding hydrogens is 318 g/mol. The van der Waals surface area contributed by atoms with E-state index in [4.69, 9.17) is 9.47 Å². The lowest BCUT2D eigenvalue weighted by Crippen LogP contribution is -2.00. The van der Waals surface area contributed by atoms with E-state index >= 15 is 0 Å². The first-order valence-corrected chi connectivity index (χ1v) is 6.29. The summed E-state index contributed by atoms with van der Waals surface area (Å²) in [6.45, 7) is -0.0524. The van der Waals surface area contributed by atoms with Crippen molar-refractivity contribution in [3.8, 4) is 11.5 Å². The minimum Gasteiger partial charge on any atom is -0.497 e. The molecule has 2 nitrogen and oxygen atoms in total. The number of benzene rings is 2. The van der Waals surface area contributed by atoms with Crippen LogP contribution in [0.5, 0.6) is 11.5 Å². The van der Waals surface area contributed by atoms with Crippen LogP contribution in [0.25, 0.3) is 0 Å². The van der Waals surface area contributed by atoms with Crippen LogP contribution in [0, 0.1) is 11.6 Å². The van der Waals surface area contributed by atoms with Crippen LogP contribution >= 0.6 is 15.9 Å². The molecule has 0 unspecified atom stereocenters. The van der Waals surface area contributed by atoms with Crippen LogP contribution in [0.15, 0.2) is 40.9 Å². The van der Waals surface area contributed by atoms with Gasteiger partial charge in [-0.1, -0.05) is 15.9 Å². The van der Waals surface area contributed by atoms with Gasteiger partial charge in [0.15, 0.2) is 11.6 Å². The van der Waals surface area contributed by atoms with Gasteiger partial charge in [-0.25, -0.2) is 8.78 Å². The molecule has 2 aromatic carbocycles. The van der Waals surface area contributed by atoms with E-state index in [0.29, 0.717) is 15.8 Å². The Kier molecular flexibility index (Phi) is 4.37. The van der Waals surface area contributed by atoms with Crippen molar-refractivity contribution < 1.29 is 18.3 Å². The fourth-order valence-electron chi connectivity index (χ4n) is 1.52. The summed E-state index contributed by atoms with van der Waals surface area (Å²) in [4.78, 5) is 0. The van der Waals surface area contributed by atoms with Crippen LogP contribution < -0.4 is 9.47 Å². The lowest BCUT2D eigenvalue weighted by molar-refractivity contribution is 0.284. The van der Waals surface area contributed by atoms with Crippen LogP contribution in [-0.4, -0.2) is 7.11 Å². The molecule has 0 radical (unpaired) electrons. The zero-order valence-corrected chi connectivity index (χ0v) is 11.7. The van der Waals surface area contributed by atoms with Crippen molar-refractivity contribution in [2.24, 2.45) is 0 Å². The summed E-state index contributed by atoms with van der Waals surface area (Å²) in [6, 6.07) is 8.77. The van der Waals surface area contributed by atoms with Crippen molar-refractivity contribution in [2.75, 3.05) is 7.11 Å². The smallest absolute Gasteiger partial charge is 0.165 e. The molecule has 0 saturated heterocycles. The molecule has 0 aliphatic heterocycles. The summed E-state index contributed by atoms with van der Waals surface area (Å²) in [5, 5.41) is 0. The van der Waals surface area contributed by atoms with Gasteiger partial charge in [0.2, 0.25) is 0 Å². The first-order chi connectivity index (χ1) is 9.10. The van der Waals surface area contributed by atoms with Crippen molar-refractivity contribution in [2.45, 2.75) is 6.61 Å². The average molecular weight is 329 g/mol. The lowest BCUT2D eigenvalue weighted by atomic mass is 10.2. The monoisotopic (exact) mass is 328 g/mol. The Morgan fingerprint density at radius 1 is 1.05 bits per heavy atom. The molecule has 0 N–H and O–H groups in total. The Hall–Kier alpha value is -1.62. The molecule has 2 aromatic rings. The predicted octanol–water partition coefficient (Wildman–Crippen LogP) is 4.31. The number of ether oxygens (including phenoxy) is 2. The third-order valence-electron chi connectivity index (χ3n) is 2.54.